The lowest BCUT2D eigenvalue weighted by atomic mass is 10.1. The Hall–Kier alpha value is -2.37. The number of phenolic OH excluding ortho intramolecular Hbond substituents is 1. The van der Waals surface area contributed by atoms with E-state index in [0.29, 0.717) is 13.0 Å². The monoisotopic (exact) mass is 236 g/mol. The molecule has 0 atom stereocenters. The number of nitro benzene ring substituents is 1. The van der Waals surface area contributed by atoms with Crippen molar-refractivity contribution in [1.29, 1.82) is 0 Å². The summed E-state index contributed by atoms with van der Waals surface area (Å²) >= 11 is 0. The molecule has 0 heterocycles. The van der Waals surface area contributed by atoms with Gasteiger partial charge in [-0.2, -0.15) is 0 Å². The first-order valence-corrected chi connectivity index (χ1v) is 4.92. The highest BCUT2D eigenvalue weighted by Crippen LogP contribution is 2.22. The van der Waals surface area contributed by atoms with Gasteiger partial charge in [0.1, 0.15) is 11.3 Å². The first-order chi connectivity index (χ1) is 8.06. The molecule has 0 radical (unpaired) electrons. The first-order valence-electron chi connectivity index (χ1n) is 4.92. The van der Waals surface area contributed by atoms with Gasteiger partial charge in [-0.1, -0.05) is 6.08 Å². The Labute approximate surface area is 97.7 Å². The van der Waals surface area contributed by atoms with Crippen LogP contribution in [0.15, 0.2) is 30.9 Å². The maximum absolute atomic E-state index is 11.6. The molecular formula is C11H12N2O4. The summed E-state index contributed by atoms with van der Waals surface area (Å²) in [5.74, 6) is -0.779. The van der Waals surface area contributed by atoms with Gasteiger partial charge < -0.3 is 10.4 Å². The standard InChI is InChI=1S/C11H12N2O4/c1-2-3-6-12-11(15)9-7-8(14)4-5-10(9)13(16)17/h2,4-5,7,14H,1,3,6H2,(H,12,15). The molecule has 1 aromatic carbocycles. The average molecular weight is 236 g/mol. The molecule has 0 spiro atoms. The number of nitro groups is 1. The molecule has 0 fully saturated rings. The summed E-state index contributed by atoms with van der Waals surface area (Å²) in [5, 5.41) is 22.4. The van der Waals surface area contributed by atoms with Gasteiger partial charge in [0.05, 0.1) is 4.92 Å². The van der Waals surface area contributed by atoms with Crippen molar-refractivity contribution in [1.82, 2.24) is 5.32 Å². The van der Waals surface area contributed by atoms with Crippen LogP contribution < -0.4 is 5.32 Å². The Morgan fingerprint density at radius 1 is 1.59 bits per heavy atom. The van der Waals surface area contributed by atoms with Crippen LogP contribution in [0.4, 0.5) is 5.69 Å². The summed E-state index contributed by atoms with van der Waals surface area (Å²) in [4.78, 5) is 21.7. The molecule has 1 aromatic rings. The molecule has 0 aromatic heterocycles. The Morgan fingerprint density at radius 2 is 2.29 bits per heavy atom. The van der Waals surface area contributed by atoms with E-state index in [-0.39, 0.29) is 17.0 Å². The van der Waals surface area contributed by atoms with Crippen molar-refractivity contribution in [2.45, 2.75) is 6.42 Å². The largest absolute Gasteiger partial charge is 0.508 e. The molecule has 0 aliphatic rings. The van der Waals surface area contributed by atoms with Gasteiger partial charge in [0, 0.05) is 12.6 Å². The normalized spacial score (nSPS) is 9.65. The quantitative estimate of drug-likeness (QED) is 0.351. The van der Waals surface area contributed by atoms with E-state index in [2.05, 4.69) is 11.9 Å². The number of amides is 1. The summed E-state index contributed by atoms with van der Waals surface area (Å²) in [6, 6.07) is 3.33. The number of rotatable bonds is 5. The van der Waals surface area contributed by atoms with Crippen LogP contribution in [0.25, 0.3) is 0 Å². The number of phenols is 1. The summed E-state index contributed by atoms with van der Waals surface area (Å²) in [6.45, 7) is 3.83. The second-order valence-electron chi connectivity index (χ2n) is 3.29. The summed E-state index contributed by atoms with van der Waals surface area (Å²) < 4.78 is 0. The molecule has 6 nitrogen and oxygen atoms in total. The number of nitrogens with one attached hydrogen (secondary N) is 1. The molecule has 0 saturated carbocycles. The van der Waals surface area contributed by atoms with Gasteiger partial charge in [-0.15, -0.1) is 6.58 Å². The first kappa shape index (κ1) is 12.7. The minimum Gasteiger partial charge on any atom is -0.508 e. The van der Waals surface area contributed by atoms with Gasteiger partial charge >= 0.3 is 0 Å². The Kier molecular flexibility index (Phi) is 4.21. The molecular weight excluding hydrogens is 224 g/mol. The van der Waals surface area contributed by atoms with Crippen LogP contribution >= 0.6 is 0 Å². The van der Waals surface area contributed by atoms with Crippen molar-refractivity contribution in [2.75, 3.05) is 6.54 Å². The van der Waals surface area contributed by atoms with Crippen molar-refractivity contribution in [2.24, 2.45) is 0 Å². The predicted molar refractivity (Wildman–Crippen MR) is 61.9 cm³/mol. The van der Waals surface area contributed by atoms with Crippen LogP contribution in [0.1, 0.15) is 16.8 Å². The number of aromatic hydroxyl groups is 1. The van der Waals surface area contributed by atoms with Crippen LogP contribution in [0.3, 0.4) is 0 Å². The number of carbonyl (C=O) groups excluding carboxylic acids is 1. The maximum atomic E-state index is 11.6. The van der Waals surface area contributed by atoms with Crippen molar-refractivity contribution in [3.63, 3.8) is 0 Å². The molecule has 0 saturated heterocycles. The minimum absolute atomic E-state index is 0.154. The molecule has 1 amide bonds. The highest BCUT2D eigenvalue weighted by molar-refractivity contribution is 5.98. The van der Waals surface area contributed by atoms with E-state index in [1.54, 1.807) is 6.08 Å². The summed E-state index contributed by atoms with van der Waals surface area (Å²) in [7, 11) is 0. The van der Waals surface area contributed by atoms with E-state index < -0.39 is 10.8 Å². The lowest BCUT2D eigenvalue weighted by Crippen LogP contribution is -2.24. The second kappa shape index (κ2) is 5.64. The van der Waals surface area contributed by atoms with E-state index in [1.165, 1.54) is 6.07 Å². The third-order valence-electron chi connectivity index (χ3n) is 2.06. The predicted octanol–water partition coefficient (Wildman–Crippen LogP) is 1.61. The van der Waals surface area contributed by atoms with Crippen molar-refractivity contribution in [3.8, 4) is 5.75 Å². The Morgan fingerprint density at radius 3 is 2.88 bits per heavy atom. The van der Waals surface area contributed by atoms with E-state index in [9.17, 15) is 20.0 Å². The molecule has 2 N–H and O–H groups in total. The number of benzene rings is 1. The highest BCUT2D eigenvalue weighted by Gasteiger charge is 2.20. The molecule has 0 aliphatic heterocycles. The SMILES string of the molecule is C=CCCNC(=O)c1cc(O)ccc1[N+](=O)[O-]. The Balaban J connectivity index is 2.94. The van der Waals surface area contributed by atoms with Gasteiger partial charge in [-0.3, -0.25) is 14.9 Å². The van der Waals surface area contributed by atoms with E-state index in [0.717, 1.165) is 12.1 Å². The number of hydrogen-bond donors (Lipinski definition) is 2. The lowest BCUT2D eigenvalue weighted by Gasteiger charge is -2.04. The fourth-order valence-electron chi connectivity index (χ4n) is 1.25. The van der Waals surface area contributed by atoms with Crippen molar-refractivity contribution >= 4 is 11.6 Å². The van der Waals surface area contributed by atoms with Crippen LogP contribution in [0, 0.1) is 10.1 Å². The van der Waals surface area contributed by atoms with E-state index >= 15 is 0 Å². The topological polar surface area (TPSA) is 92.5 Å². The molecule has 0 aliphatic carbocycles. The van der Waals surface area contributed by atoms with Gasteiger partial charge in [0.15, 0.2) is 0 Å². The molecule has 0 unspecified atom stereocenters. The van der Waals surface area contributed by atoms with E-state index in [4.69, 9.17) is 0 Å². The number of carbonyl (C=O) groups is 1. The molecule has 6 heteroatoms. The lowest BCUT2D eigenvalue weighted by molar-refractivity contribution is -0.385. The van der Waals surface area contributed by atoms with Gasteiger partial charge in [0.25, 0.3) is 11.6 Å². The highest BCUT2D eigenvalue weighted by atomic mass is 16.6. The second-order valence-corrected chi connectivity index (χ2v) is 3.29. The van der Waals surface area contributed by atoms with Gasteiger partial charge in [-0.25, -0.2) is 0 Å². The van der Waals surface area contributed by atoms with Crippen molar-refractivity contribution < 1.29 is 14.8 Å². The minimum atomic E-state index is -0.665. The smallest absolute Gasteiger partial charge is 0.282 e. The zero-order valence-corrected chi connectivity index (χ0v) is 9.05. The molecule has 90 valence electrons. The van der Waals surface area contributed by atoms with Crippen molar-refractivity contribution in [3.05, 3.63) is 46.5 Å². The molecule has 0 bridgehead atoms. The third-order valence-corrected chi connectivity index (χ3v) is 2.06. The Bertz CT molecular complexity index is 457. The number of hydrogen-bond acceptors (Lipinski definition) is 4. The van der Waals surface area contributed by atoms with Crippen LogP contribution in [-0.2, 0) is 0 Å². The zero-order chi connectivity index (χ0) is 12.8. The fourth-order valence-corrected chi connectivity index (χ4v) is 1.25. The zero-order valence-electron chi connectivity index (χ0n) is 9.05. The van der Waals surface area contributed by atoms with Crippen LogP contribution in [0.5, 0.6) is 5.75 Å². The maximum Gasteiger partial charge on any atom is 0.282 e. The van der Waals surface area contributed by atoms with Crippen LogP contribution in [-0.4, -0.2) is 22.5 Å². The van der Waals surface area contributed by atoms with Gasteiger partial charge in [0.2, 0.25) is 0 Å². The molecule has 1 rings (SSSR count). The summed E-state index contributed by atoms with van der Waals surface area (Å²) in [6.07, 6.45) is 2.19. The van der Waals surface area contributed by atoms with Crippen LogP contribution in [0.2, 0.25) is 0 Å². The van der Waals surface area contributed by atoms with Gasteiger partial charge in [-0.05, 0) is 18.6 Å². The average Bonchev–Trinajstić information content (AvgIpc) is 2.28. The third kappa shape index (κ3) is 3.30. The molecule has 17 heavy (non-hydrogen) atoms. The summed E-state index contributed by atoms with van der Waals surface area (Å²) in [5.41, 5.74) is -0.488. The number of nitrogens with zero attached hydrogens (tertiary/aromatic N) is 1. The van der Waals surface area contributed by atoms with E-state index in [1.807, 2.05) is 0 Å². The fraction of sp³-hybridized carbons (Fsp3) is 0.182.